The minimum atomic E-state index is -0.734. The summed E-state index contributed by atoms with van der Waals surface area (Å²) in [4.78, 5) is 0. The van der Waals surface area contributed by atoms with Crippen molar-refractivity contribution >= 4 is 10.9 Å². The average molecular weight is 462 g/mol. The van der Waals surface area contributed by atoms with Gasteiger partial charge < -0.3 is 19.1 Å². The summed E-state index contributed by atoms with van der Waals surface area (Å²) in [6.45, 7) is 6.16. The van der Waals surface area contributed by atoms with Crippen LogP contribution in [0.3, 0.4) is 0 Å². The van der Waals surface area contributed by atoms with Gasteiger partial charge in [0.2, 0.25) is 0 Å². The van der Waals surface area contributed by atoms with Crippen LogP contribution < -0.4 is 0 Å². The number of benzene rings is 3. The van der Waals surface area contributed by atoms with E-state index in [1.165, 1.54) is 12.1 Å². The molecule has 0 saturated heterocycles. The van der Waals surface area contributed by atoms with E-state index >= 15 is 0 Å². The molecular formula is C29H32FNO3. The molecule has 1 N–H and O–H groups in total. The molecule has 0 aliphatic heterocycles. The van der Waals surface area contributed by atoms with E-state index in [2.05, 4.69) is 19.9 Å². The number of aliphatic hydroxyl groups is 1. The Labute approximate surface area is 200 Å². The van der Waals surface area contributed by atoms with E-state index in [0.717, 1.165) is 27.7 Å². The molecule has 4 nitrogen and oxygen atoms in total. The molecule has 0 spiro atoms. The molecule has 34 heavy (non-hydrogen) atoms. The second-order valence-electron chi connectivity index (χ2n) is 9.36. The zero-order chi connectivity index (χ0) is 24.0. The van der Waals surface area contributed by atoms with Gasteiger partial charge >= 0.3 is 0 Å². The summed E-state index contributed by atoms with van der Waals surface area (Å²) in [5.74, 6) is -0.300. The first-order valence-electron chi connectivity index (χ1n) is 11.6. The third-order valence-electron chi connectivity index (χ3n) is 5.95. The fourth-order valence-corrected chi connectivity index (χ4v) is 4.21. The fourth-order valence-electron chi connectivity index (χ4n) is 4.21. The van der Waals surface area contributed by atoms with E-state index in [1.807, 2.05) is 65.2 Å². The van der Waals surface area contributed by atoms with Crippen LogP contribution in [0.2, 0.25) is 0 Å². The van der Waals surface area contributed by atoms with Crippen molar-refractivity contribution in [2.45, 2.75) is 45.1 Å². The highest BCUT2D eigenvalue weighted by Gasteiger charge is 2.27. The molecular weight excluding hydrogens is 429 g/mol. The number of hydrogen-bond acceptors (Lipinski definition) is 3. The lowest BCUT2D eigenvalue weighted by Gasteiger charge is -2.28. The molecule has 178 valence electrons. The van der Waals surface area contributed by atoms with E-state index < -0.39 is 6.10 Å². The second-order valence-corrected chi connectivity index (χ2v) is 9.36. The van der Waals surface area contributed by atoms with Gasteiger partial charge in [-0.15, -0.1) is 0 Å². The van der Waals surface area contributed by atoms with Crippen LogP contribution in [0.4, 0.5) is 4.39 Å². The molecule has 0 amide bonds. The SMILES string of the molecule is CC(C)(COCc1ccccc1)c1cc2ccc(F)cc2n1CC(O)COCc1ccccc1. The van der Waals surface area contributed by atoms with Gasteiger partial charge in [-0.05, 0) is 35.4 Å². The van der Waals surface area contributed by atoms with Crippen molar-refractivity contribution in [2.75, 3.05) is 13.2 Å². The molecule has 1 heterocycles. The Morgan fingerprint density at radius 1 is 0.853 bits per heavy atom. The molecule has 4 rings (SSSR count). The molecule has 1 atom stereocenters. The number of ether oxygens (including phenoxy) is 2. The predicted octanol–water partition coefficient (Wildman–Crippen LogP) is 5.85. The van der Waals surface area contributed by atoms with E-state index in [9.17, 15) is 9.50 Å². The van der Waals surface area contributed by atoms with Crippen LogP contribution in [0.25, 0.3) is 10.9 Å². The number of fused-ring (bicyclic) bond motifs is 1. The normalized spacial score (nSPS) is 12.8. The van der Waals surface area contributed by atoms with Crippen LogP contribution in [0.15, 0.2) is 84.9 Å². The van der Waals surface area contributed by atoms with Crippen molar-refractivity contribution in [1.82, 2.24) is 4.57 Å². The summed E-state index contributed by atoms with van der Waals surface area (Å²) in [5, 5.41) is 11.7. The largest absolute Gasteiger partial charge is 0.389 e. The van der Waals surface area contributed by atoms with E-state index in [-0.39, 0.29) is 17.8 Å². The second kappa shape index (κ2) is 11.0. The third-order valence-corrected chi connectivity index (χ3v) is 5.95. The maximum Gasteiger partial charge on any atom is 0.125 e. The van der Waals surface area contributed by atoms with E-state index in [1.54, 1.807) is 6.07 Å². The van der Waals surface area contributed by atoms with E-state index in [0.29, 0.717) is 26.4 Å². The number of halogens is 1. The molecule has 4 aromatic rings. The fraction of sp³-hybridized carbons (Fsp3) is 0.310. The Hall–Kier alpha value is -2.99. The highest BCUT2D eigenvalue weighted by Crippen LogP contribution is 2.31. The van der Waals surface area contributed by atoms with Gasteiger partial charge in [-0.2, -0.15) is 0 Å². The molecule has 5 heteroatoms. The summed E-state index contributed by atoms with van der Waals surface area (Å²) in [6.07, 6.45) is -0.734. The minimum absolute atomic E-state index is 0.189. The smallest absolute Gasteiger partial charge is 0.125 e. The average Bonchev–Trinajstić information content (AvgIpc) is 3.18. The lowest BCUT2D eigenvalue weighted by Crippen LogP contribution is -2.30. The van der Waals surface area contributed by atoms with Gasteiger partial charge in [-0.3, -0.25) is 0 Å². The molecule has 1 unspecified atom stereocenters. The van der Waals surface area contributed by atoms with Gasteiger partial charge in [0.25, 0.3) is 0 Å². The molecule has 0 fully saturated rings. The van der Waals surface area contributed by atoms with Crippen LogP contribution in [0.1, 0.15) is 30.7 Å². The predicted molar refractivity (Wildman–Crippen MR) is 133 cm³/mol. The molecule has 0 radical (unpaired) electrons. The Morgan fingerprint density at radius 2 is 1.47 bits per heavy atom. The topological polar surface area (TPSA) is 43.6 Å². The number of rotatable bonds is 11. The summed E-state index contributed by atoms with van der Waals surface area (Å²) in [7, 11) is 0. The first-order chi connectivity index (χ1) is 16.4. The van der Waals surface area contributed by atoms with Crippen molar-refractivity contribution in [3.05, 3.63) is 108 Å². The van der Waals surface area contributed by atoms with Crippen molar-refractivity contribution in [1.29, 1.82) is 0 Å². The molecule has 0 aliphatic rings. The molecule has 1 aromatic heterocycles. The highest BCUT2D eigenvalue weighted by atomic mass is 19.1. The Balaban J connectivity index is 1.48. The van der Waals surface area contributed by atoms with Crippen LogP contribution in [-0.4, -0.2) is 29.0 Å². The van der Waals surface area contributed by atoms with Gasteiger partial charge in [0.15, 0.2) is 0 Å². The third kappa shape index (κ3) is 6.11. The van der Waals surface area contributed by atoms with Crippen LogP contribution in [0.5, 0.6) is 0 Å². The van der Waals surface area contributed by atoms with Gasteiger partial charge in [0, 0.05) is 16.5 Å². The van der Waals surface area contributed by atoms with Gasteiger partial charge in [-0.1, -0.05) is 74.5 Å². The van der Waals surface area contributed by atoms with E-state index in [4.69, 9.17) is 9.47 Å². The number of nitrogens with zero attached hydrogens (tertiary/aromatic N) is 1. The van der Waals surface area contributed by atoms with Crippen LogP contribution in [-0.2, 0) is 34.6 Å². The first-order valence-corrected chi connectivity index (χ1v) is 11.6. The molecule has 0 bridgehead atoms. The van der Waals surface area contributed by atoms with Gasteiger partial charge in [0.05, 0.1) is 44.6 Å². The molecule has 0 saturated carbocycles. The Kier molecular flexibility index (Phi) is 7.78. The minimum Gasteiger partial charge on any atom is -0.389 e. The van der Waals surface area contributed by atoms with Gasteiger partial charge in [0.1, 0.15) is 5.82 Å². The zero-order valence-electron chi connectivity index (χ0n) is 19.8. The first kappa shape index (κ1) is 24.1. The van der Waals surface area contributed by atoms with Crippen molar-refractivity contribution < 1.29 is 19.0 Å². The maximum absolute atomic E-state index is 14.1. The quantitative estimate of drug-likeness (QED) is 0.305. The number of aliphatic hydroxyl groups excluding tert-OH is 1. The monoisotopic (exact) mass is 461 g/mol. The lowest BCUT2D eigenvalue weighted by molar-refractivity contribution is 0.0195. The summed E-state index contributed by atoms with van der Waals surface area (Å²) in [6, 6.07) is 26.8. The molecule has 0 aliphatic carbocycles. The van der Waals surface area contributed by atoms with Crippen molar-refractivity contribution in [2.24, 2.45) is 0 Å². The number of aromatic nitrogens is 1. The molecule has 3 aromatic carbocycles. The summed E-state index contributed by atoms with van der Waals surface area (Å²) < 4.78 is 27.9. The standard InChI is InChI=1S/C29H32FNO3/c1-29(2,21-34-19-23-11-7-4-8-12-23)28-15-24-13-14-25(30)16-27(24)31(28)17-26(32)20-33-18-22-9-5-3-6-10-22/h3-16,26,32H,17-21H2,1-2H3. The van der Waals surface area contributed by atoms with Gasteiger partial charge in [-0.25, -0.2) is 4.39 Å². The summed E-state index contributed by atoms with van der Waals surface area (Å²) in [5.41, 5.74) is 3.57. The zero-order valence-corrected chi connectivity index (χ0v) is 19.8. The number of hydrogen-bond donors (Lipinski definition) is 1. The lowest BCUT2D eigenvalue weighted by atomic mass is 9.90. The highest BCUT2D eigenvalue weighted by molar-refractivity contribution is 5.82. The van der Waals surface area contributed by atoms with Crippen LogP contribution in [0, 0.1) is 5.82 Å². The van der Waals surface area contributed by atoms with Crippen molar-refractivity contribution in [3.63, 3.8) is 0 Å². The maximum atomic E-state index is 14.1. The Bertz CT molecular complexity index is 1190. The summed E-state index contributed by atoms with van der Waals surface area (Å²) >= 11 is 0. The van der Waals surface area contributed by atoms with Crippen LogP contribution >= 0.6 is 0 Å². The Morgan fingerprint density at radius 3 is 2.12 bits per heavy atom. The van der Waals surface area contributed by atoms with Crippen molar-refractivity contribution in [3.8, 4) is 0 Å².